The zero-order valence-electron chi connectivity index (χ0n) is 6.63. The number of thiophene rings is 1. The third-order valence-corrected chi connectivity index (χ3v) is 2.37. The summed E-state index contributed by atoms with van der Waals surface area (Å²) in [6, 6.07) is 3.43. The Morgan fingerprint density at radius 1 is 1.69 bits per heavy atom. The predicted octanol–water partition coefficient (Wildman–Crippen LogP) is 0.942. The van der Waals surface area contributed by atoms with Crippen LogP contribution in [0.5, 0.6) is 0 Å². The lowest BCUT2D eigenvalue weighted by Crippen LogP contribution is -2.29. The van der Waals surface area contributed by atoms with E-state index in [1.54, 1.807) is 12.1 Å². The second-order valence-corrected chi connectivity index (χ2v) is 3.42. The van der Waals surface area contributed by atoms with Crippen molar-refractivity contribution >= 4 is 28.8 Å². The van der Waals surface area contributed by atoms with Gasteiger partial charge in [-0.25, -0.2) is 5.84 Å². The van der Waals surface area contributed by atoms with Crippen LogP contribution in [0.3, 0.4) is 0 Å². The zero-order valence-corrected chi connectivity index (χ0v) is 8.21. The Balaban J connectivity index is 2.80. The van der Waals surface area contributed by atoms with Crippen LogP contribution in [-0.4, -0.2) is 11.8 Å². The number of nitrogens with one attached hydrogen (secondary N) is 1. The van der Waals surface area contributed by atoms with Crippen LogP contribution in [0.2, 0.25) is 0 Å². The minimum absolute atomic E-state index is 0.288. The number of rotatable bonds is 1. The maximum atomic E-state index is 11.0. The van der Waals surface area contributed by atoms with Crippen LogP contribution < -0.4 is 11.3 Å². The molecule has 0 unspecified atom stereocenters. The van der Waals surface area contributed by atoms with Gasteiger partial charge >= 0.3 is 0 Å². The van der Waals surface area contributed by atoms with Gasteiger partial charge in [0.25, 0.3) is 5.91 Å². The van der Waals surface area contributed by atoms with Gasteiger partial charge in [0.15, 0.2) is 0 Å². The normalized spacial score (nSPS) is 8.77. The molecule has 0 aliphatic rings. The van der Waals surface area contributed by atoms with E-state index in [1.807, 2.05) is 5.43 Å². The van der Waals surface area contributed by atoms with Crippen molar-refractivity contribution in [2.75, 3.05) is 5.88 Å². The molecule has 68 valence electrons. The lowest BCUT2D eigenvalue weighted by molar-refractivity contribution is 0.0957. The number of hydrogen-bond donors (Lipinski definition) is 2. The molecular weight excluding hydrogens is 208 g/mol. The molecule has 0 aliphatic carbocycles. The van der Waals surface area contributed by atoms with Gasteiger partial charge in [-0.05, 0) is 12.1 Å². The fourth-order valence-corrected chi connectivity index (χ4v) is 1.57. The molecule has 0 spiro atoms. The summed E-state index contributed by atoms with van der Waals surface area (Å²) in [5, 5.41) is 0. The first-order valence-electron chi connectivity index (χ1n) is 3.43. The fourth-order valence-electron chi connectivity index (χ4n) is 0.719. The van der Waals surface area contributed by atoms with Crippen LogP contribution in [0.15, 0.2) is 12.1 Å². The number of nitrogen functional groups attached to an aromatic ring is 1. The summed E-state index contributed by atoms with van der Waals surface area (Å²) in [5.74, 6) is 10.5. The Labute approximate surface area is 84.9 Å². The van der Waals surface area contributed by atoms with E-state index in [-0.39, 0.29) is 11.8 Å². The Hall–Kier alpha value is -1.02. The minimum Gasteiger partial charge on any atom is -0.289 e. The number of carbonyl (C=O) groups excluding carboxylic acids is 1. The molecule has 3 N–H and O–H groups in total. The van der Waals surface area contributed by atoms with Gasteiger partial charge in [0.2, 0.25) is 0 Å². The number of carbonyl (C=O) groups is 1. The quantitative estimate of drug-likeness (QED) is 0.240. The van der Waals surface area contributed by atoms with Crippen molar-refractivity contribution < 1.29 is 4.79 Å². The van der Waals surface area contributed by atoms with Crippen molar-refractivity contribution in [3.8, 4) is 11.8 Å². The molecule has 13 heavy (non-hydrogen) atoms. The third kappa shape index (κ3) is 2.74. The maximum Gasteiger partial charge on any atom is 0.275 e. The molecule has 1 rings (SSSR count). The van der Waals surface area contributed by atoms with E-state index >= 15 is 0 Å². The van der Waals surface area contributed by atoms with Crippen molar-refractivity contribution in [3.05, 3.63) is 21.9 Å². The van der Waals surface area contributed by atoms with Gasteiger partial charge in [-0.1, -0.05) is 11.8 Å². The van der Waals surface area contributed by atoms with Gasteiger partial charge in [0.05, 0.1) is 15.6 Å². The highest BCUT2D eigenvalue weighted by atomic mass is 35.5. The molecule has 0 radical (unpaired) electrons. The summed E-state index contributed by atoms with van der Waals surface area (Å²) in [6.45, 7) is 0. The van der Waals surface area contributed by atoms with Crippen molar-refractivity contribution in [1.82, 2.24) is 5.43 Å². The molecule has 0 saturated carbocycles. The summed E-state index contributed by atoms with van der Waals surface area (Å²) < 4.78 is 0. The monoisotopic (exact) mass is 214 g/mol. The Morgan fingerprint density at radius 3 is 3.08 bits per heavy atom. The van der Waals surface area contributed by atoms with Gasteiger partial charge in [-0.15, -0.1) is 22.9 Å². The predicted molar refractivity (Wildman–Crippen MR) is 53.6 cm³/mol. The van der Waals surface area contributed by atoms with Crippen LogP contribution in [0.25, 0.3) is 0 Å². The average Bonchev–Trinajstić information content (AvgIpc) is 2.62. The van der Waals surface area contributed by atoms with E-state index in [1.165, 1.54) is 11.3 Å². The second kappa shape index (κ2) is 4.87. The summed E-state index contributed by atoms with van der Waals surface area (Å²) in [5.41, 5.74) is 2.05. The number of hydrazine groups is 1. The molecule has 0 fully saturated rings. The molecule has 3 nitrogen and oxygen atoms in total. The first-order valence-corrected chi connectivity index (χ1v) is 4.78. The Morgan fingerprint density at radius 2 is 2.46 bits per heavy atom. The summed E-state index contributed by atoms with van der Waals surface area (Å²) in [4.78, 5) is 12.3. The summed E-state index contributed by atoms with van der Waals surface area (Å²) in [6.07, 6.45) is 0. The first kappa shape index (κ1) is 10.1. The van der Waals surface area contributed by atoms with Crippen LogP contribution >= 0.6 is 22.9 Å². The van der Waals surface area contributed by atoms with Gasteiger partial charge < -0.3 is 0 Å². The van der Waals surface area contributed by atoms with Crippen molar-refractivity contribution in [3.63, 3.8) is 0 Å². The van der Waals surface area contributed by atoms with Crippen LogP contribution in [0.1, 0.15) is 14.5 Å². The van der Waals surface area contributed by atoms with Crippen LogP contribution in [-0.2, 0) is 0 Å². The smallest absolute Gasteiger partial charge is 0.275 e. The van der Waals surface area contributed by atoms with Crippen LogP contribution in [0, 0.1) is 11.8 Å². The largest absolute Gasteiger partial charge is 0.289 e. The minimum atomic E-state index is -0.302. The molecule has 1 heterocycles. The first-order chi connectivity index (χ1) is 6.27. The standard InChI is InChI=1S/C8H7ClN2OS/c9-5-1-2-6-3-4-7(13-6)8(12)11-10/h3-4H,5,10H2,(H,11,12). The highest BCUT2D eigenvalue weighted by molar-refractivity contribution is 7.14. The maximum absolute atomic E-state index is 11.0. The molecule has 0 bridgehead atoms. The van der Waals surface area contributed by atoms with Gasteiger partial charge in [0, 0.05) is 0 Å². The van der Waals surface area contributed by atoms with E-state index < -0.39 is 0 Å². The van der Waals surface area contributed by atoms with Crippen molar-refractivity contribution in [2.45, 2.75) is 0 Å². The van der Waals surface area contributed by atoms with Crippen molar-refractivity contribution in [2.24, 2.45) is 5.84 Å². The van der Waals surface area contributed by atoms with E-state index in [4.69, 9.17) is 17.4 Å². The number of alkyl halides is 1. The molecular formula is C8H7ClN2OS. The topological polar surface area (TPSA) is 55.1 Å². The third-order valence-electron chi connectivity index (χ3n) is 1.24. The number of hydrogen-bond acceptors (Lipinski definition) is 3. The highest BCUT2D eigenvalue weighted by Gasteiger charge is 2.05. The molecule has 5 heteroatoms. The highest BCUT2D eigenvalue weighted by Crippen LogP contribution is 2.14. The Kier molecular flexibility index (Phi) is 3.77. The number of halogens is 1. The molecule has 0 aliphatic heterocycles. The van der Waals surface area contributed by atoms with E-state index in [0.29, 0.717) is 4.88 Å². The molecule has 0 atom stereocenters. The van der Waals surface area contributed by atoms with E-state index in [2.05, 4.69) is 11.8 Å². The zero-order chi connectivity index (χ0) is 9.68. The van der Waals surface area contributed by atoms with Gasteiger partial charge in [-0.2, -0.15) is 0 Å². The lowest BCUT2D eigenvalue weighted by atomic mass is 10.4. The second-order valence-electron chi connectivity index (χ2n) is 2.07. The Bertz CT molecular complexity index is 364. The summed E-state index contributed by atoms with van der Waals surface area (Å²) in [7, 11) is 0. The van der Waals surface area contributed by atoms with Crippen molar-refractivity contribution in [1.29, 1.82) is 0 Å². The molecule has 0 aromatic carbocycles. The SMILES string of the molecule is NNC(=O)c1ccc(C#CCCl)s1. The fraction of sp³-hybridized carbons (Fsp3) is 0.125. The molecule has 1 amide bonds. The molecule has 0 saturated heterocycles. The molecule has 1 aromatic heterocycles. The summed E-state index contributed by atoms with van der Waals surface area (Å²) >= 11 is 6.66. The van der Waals surface area contributed by atoms with Gasteiger partial charge in [0.1, 0.15) is 0 Å². The lowest BCUT2D eigenvalue weighted by Gasteiger charge is -1.91. The van der Waals surface area contributed by atoms with Gasteiger partial charge in [-0.3, -0.25) is 10.2 Å². The average molecular weight is 215 g/mol. The van der Waals surface area contributed by atoms with E-state index in [0.717, 1.165) is 4.88 Å². The number of nitrogens with two attached hydrogens (primary N) is 1. The number of amides is 1. The van der Waals surface area contributed by atoms with Crippen LogP contribution in [0.4, 0.5) is 0 Å². The van der Waals surface area contributed by atoms with E-state index in [9.17, 15) is 4.79 Å². The molecule has 1 aromatic rings.